The molecule has 1 atom stereocenters. The zero-order valence-corrected chi connectivity index (χ0v) is 11.9. The summed E-state index contributed by atoms with van der Waals surface area (Å²) in [5, 5.41) is 12.6. The lowest BCUT2D eigenvalue weighted by atomic mass is 10.0. The summed E-state index contributed by atoms with van der Waals surface area (Å²) in [7, 11) is 6.26. The lowest BCUT2D eigenvalue weighted by Gasteiger charge is -2.27. The second-order valence-electron chi connectivity index (χ2n) is 5.60. The zero-order chi connectivity index (χ0) is 12.5. The van der Waals surface area contributed by atoms with E-state index in [-0.39, 0.29) is 12.4 Å². The predicted molar refractivity (Wildman–Crippen MR) is 71.8 cm³/mol. The van der Waals surface area contributed by atoms with Crippen molar-refractivity contribution in [1.82, 2.24) is 0 Å². The van der Waals surface area contributed by atoms with Gasteiger partial charge in [0.25, 0.3) is 0 Å². The molecule has 0 aliphatic heterocycles. The summed E-state index contributed by atoms with van der Waals surface area (Å²) in [5.74, 6) is 0. The summed E-state index contributed by atoms with van der Waals surface area (Å²) in [5.41, 5.74) is 0.997. The van der Waals surface area contributed by atoms with Crippen LogP contribution in [0, 0.1) is 0 Å². The number of quaternary nitrogens is 1. The van der Waals surface area contributed by atoms with E-state index in [1.54, 1.807) is 0 Å². The number of rotatable bonds is 3. The third kappa shape index (κ3) is 3.70. The Morgan fingerprint density at radius 2 is 1.61 bits per heavy atom. The van der Waals surface area contributed by atoms with Gasteiger partial charge in [-0.25, -0.2) is 0 Å². The number of hydrogen-bond donors (Lipinski definition) is 1. The monoisotopic (exact) mass is 265 g/mol. The van der Waals surface area contributed by atoms with Gasteiger partial charge in [0.2, 0.25) is 0 Å². The van der Waals surface area contributed by atoms with Crippen molar-refractivity contribution in [2.45, 2.75) is 6.10 Å². The van der Waals surface area contributed by atoms with Crippen LogP contribution in [0.25, 0.3) is 10.8 Å². The number of likely N-dealkylation sites (N-methyl/N-ethyl adjacent to an activating group) is 1. The van der Waals surface area contributed by atoms with Gasteiger partial charge in [0.1, 0.15) is 12.6 Å². The van der Waals surface area contributed by atoms with Crippen molar-refractivity contribution in [2.24, 2.45) is 0 Å². The first-order valence-electron chi connectivity index (χ1n) is 5.93. The van der Waals surface area contributed by atoms with Gasteiger partial charge in [0, 0.05) is 0 Å². The molecule has 0 saturated carbocycles. The first kappa shape index (κ1) is 15.0. The normalized spacial score (nSPS) is 13.1. The first-order valence-corrected chi connectivity index (χ1v) is 5.93. The molecule has 0 heterocycles. The minimum atomic E-state index is -0.403. The molecular weight excluding hydrogens is 246 g/mol. The van der Waals surface area contributed by atoms with E-state index >= 15 is 0 Å². The van der Waals surface area contributed by atoms with E-state index in [0.29, 0.717) is 0 Å². The van der Waals surface area contributed by atoms with Crippen LogP contribution in [0.2, 0.25) is 0 Å². The van der Waals surface area contributed by atoms with Crippen LogP contribution in [0.15, 0.2) is 42.5 Å². The number of aliphatic hydroxyl groups is 1. The highest BCUT2D eigenvalue weighted by atomic mass is 35.5. The summed E-state index contributed by atoms with van der Waals surface area (Å²) in [6, 6.07) is 14.4. The molecule has 0 amide bonds. The molecule has 0 spiro atoms. The van der Waals surface area contributed by atoms with Gasteiger partial charge in [-0.2, -0.15) is 0 Å². The minimum Gasteiger partial charge on any atom is -1.00 e. The fourth-order valence-electron chi connectivity index (χ4n) is 2.04. The summed E-state index contributed by atoms with van der Waals surface area (Å²) in [4.78, 5) is 0. The van der Waals surface area contributed by atoms with Gasteiger partial charge in [-0.05, 0) is 22.4 Å². The molecule has 1 unspecified atom stereocenters. The third-order valence-electron chi connectivity index (χ3n) is 2.88. The fraction of sp³-hybridized carbons (Fsp3) is 0.333. The Hall–Kier alpha value is -1.09. The van der Waals surface area contributed by atoms with Crippen molar-refractivity contribution in [3.63, 3.8) is 0 Å². The number of nitrogens with zero attached hydrogens (tertiary/aromatic N) is 1. The highest BCUT2D eigenvalue weighted by Crippen LogP contribution is 2.21. The number of aliphatic hydroxyl groups excluding tert-OH is 1. The molecule has 0 aliphatic carbocycles. The van der Waals surface area contributed by atoms with Crippen molar-refractivity contribution < 1.29 is 22.0 Å². The Labute approximate surface area is 115 Å². The highest BCUT2D eigenvalue weighted by Gasteiger charge is 2.17. The lowest BCUT2D eigenvalue weighted by Crippen LogP contribution is -3.00. The molecule has 3 heteroatoms. The first-order chi connectivity index (χ1) is 7.96. The van der Waals surface area contributed by atoms with Gasteiger partial charge in [-0.3, -0.25) is 0 Å². The predicted octanol–water partition coefficient (Wildman–Crippen LogP) is -0.417. The third-order valence-corrected chi connectivity index (χ3v) is 2.88. The standard InChI is InChI=1S/C15H20NO.ClH/c1-16(2,3)11-15(17)14-9-8-12-6-4-5-7-13(12)10-14;/h4-10,15,17H,11H2,1-3H3;1H/q+1;/p-1. The molecule has 0 fully saturated rings. The maximum Gasteiger partial charge on any atom is 0.128 e. The zero-order valence-electron chi connectivity index (χ0n) is 11.1. The molecule has 98 valence electrons. The minimum absolute atomic E-state index is 0. The molecule has 0 bridgehead atoms. The topological polar surface area (TPSA) is 20.2 Å². The van der Waals surface area contributed by atoms with Crippen molar-refractivity contribution >= 4 is 10.8 Å². The molecule has 2 nitrogen and oxygen atoms in total. The molecule has 0 radical (unpaired) electrons. The van der Waals surface area contributed by atoms with Crippen molar-refractivity contribution in [3.8, 4) is 0 Å². The fourth-order valence-corrected chi connectivity index (χ4v) is 2.04. The number of fused-ring (bicyclic) bond motifs is 1. The van der Waals surface area contributed by atoms with Gasteiger partial charge < -0.3 is 22.0 Å². The molecule has 2 aromatic rings. The van der Waals surface area contributed by atoms with Crippen LogP contribution >= 0.6 is 0 Å². The van der Waals surface area contributed by atoms with E-state index < -0.39 is 6.10 Å². The Bertz CT molecular complexity index is 519. The van der Waals surface area contributed by atoms with Crippen molar-refractivity contribution in [2.75, 3.05) is 27.7 Å². The summed E-state index contributed by atoms with van der Waals surface area (Å²) in [6.45, 7) is 0.721. The van der Waals surface area contributed by atoms with Crippen LogP contribution in [0.4, 0.5) is 0 Å². The Balaban J connectivity index is 0.00000162. The van der Waals surface area contributed by atoms with Crippen LogP contribution < -0.4 is 12.4 Å². The molecule has 1 N–H and O–H groups in total. The van der Waals surface area contributed by atoms with Gasteiger partial charge in [-0.15, -0.1) is 0 Å². The quantitative estimate of drug-likeness (QED) is 0.748. The number of hydrogen-bond acceptors (Lipinski definition) is 1. The lowest BCUT2D eigenvalue weighted by molar-refractivity contribution is -0.874. The molecule has 2 aromatic carbocycles. The molecule has 0 aliphatic rings. The van der Waals surface area contributed by atoms with Gasteiger partial charge >= 0.3 is 0 Å². The Morgan fingerprint density at radius 3 is 2.22 bits per heavy atom. The van der Waals surface area contributed by atoms with Crippen LogP contribution in [0.3, 0.4) is 0 Å². The van der Waals surface area contributed by atoms with Crippen LogP contribution in [-0.2, 0) is 0 Å². The largest absolute Gasteiger partial charge is 1.00 e. The second kappa shape index (κ2) is 5.70. The molecule has 2 rings (SSSR count). The molecular formula is C15H20ClNO. The maximum atomic E-state index is 10.2. The second-order valence-corrected chi connectivity index (χ2v) is 5.60. The Kier molecular flexibility index (Phi) is 4.74. The van der Waals surface area contributed by atoms with Crippen LogP contribution in [0.5, 0.6) is 0 Å². The summed E-state index contributed by atoms with van der Waals surface area (Å²) >= 11 is 0. The highest BCUT2D eigenvalue weighted by molar-refractivity contribution is 5.83. The Morgan fingerprint density at radius 1 is 1.00 bits per heavy atom. The molecule has 18 heavy (non-hydrogen) atoms. The summed E-state index contributed by atoms with van der Waals surface area (Å²) in [6.07, 6.45) is -0.403. The van der Waals surface area contributed by atoms with E-state index in [1.807, 2.05) is 18.2 Å². The van der Waals surface area contributed by atoms with E-state index in [4.69, 9.17) is 0 Å². The van der Waals surface area contributed by atoms with E-state index in [0.717, 1.165) is 16.6 Å². The molecule has 0 saturated heterocycles. The van der Waals surface area contributed by atoms with E-state index in [1.165, 1.54) is 10.8 Å². The smallest absolute Gasteiger partial charge is 0.128 e. The molecule has 0 aromatic heterocycles. The van der Waals surface area contributed by atoms with E-state index in [9.17, 15) is 5.11 Å². The van der Waals surface area contributed by atoms with Gasteiger partial charge in [0.05, 0.1) is 21.1 Å². The maximum absolute atomic E-state index is 10.2. The number of halogens is 1. The van der Waals surface area contributed by atoms with Crippen LogP contribution in [0.1, 0.15) is 11.7 Å². The van der Waals surface area contributed by atoms with Gasteiger partial charge in [-0.1, -0.05) is 36.4 Å². The average molecular weight is 266 g/mol. The van der Waals surface area contributed by atoms with Crippen LogP contribution in [-0.4, -0.2) is 37.3 Å². The van der Waals surface area contributed by atoms with Crippen molar-refractivity contribution in [1.29, 1.82) is 0 Å². The summed E-state index contributed by atoms with van der Waals surface area (Å²) < 4.78 is 0.758. The van der Waals surface area contributed by atoms with E-state index in [2.05, 4.69) is 45.4 Å². The van der Waals surface area contributed by atoms with Crippen molar-refractivity contribution in [3.05, 3.63) is 48.0 Å². The average Bonchev–Trinajstić information content (AvgIpc) is 2.26. The SMILES string of the molecule is C[N+](C)(C)CC(O)c1ccc2ccccc2c1.[Cl-]. The van der Waals surface area contributed by atoms with Gasteiger partial charge in [0.15, 0.2) is 0 Å². The number of benzene rings is 2.